The molecule has 2 atom stereocenters. The van der Waals surface area contributed by atoms with Crippen molar-refractivity contribution >= 4 is 36.6 Å². The molecule has 0 radical (unpaired) electrons. The molecule has 90 heavy (non-hydrogen) atoms. The van der Waals surface area contributed by atoms with Gasteiger partial charge < -0.3 is 85.3 Å². The molecule has 0 aliphatic carbocycles. The van der Waals surface area contributed by atoms with Crippen LogP contribution in [0.3, 0.4) is 0 Å². The highest BCUT2D eigenvalue weighted by Crippen LogP contribution is 2.38. The summed E-state index contributed by atoms with van der Waals surface area (Å²) in [4.78, 5) is 71.2. The lowest BCUT2D eigenvalue weighted by atomic mass is 9.83. The van der Waals surface area contributed by atoms with Crippen molar-refractivity contribution in [2.45, 2.75) is 136 Å². The number of quaternary nitrogens is 2. The van der Waals surface area contributed by atoms with Crippen LogP contribution in [0.2, 0.25) is 0 Å². The minimum absolute atomic E-state index is 0.0954. The number of alkyl halides is 3. The average Bonchev–Trinajstić information content (AvgIpc) is 1.35. The SMILES string of the molecule is CCOC(=O)CCCC[N+]12CCC(CC1)[C@@H](OC(=O)N(CCc1ccc(OC)c(OC)c1)Cc1ccc(C)o1)C2.CCOC(=O)CCCC[N+]12CCC(CC1)[C@@H](OC(=O)N(CCc1ccc(OC)c(OC)c1)Cc1ccc(C)o1)C2.O=C([O-])C(F)(F)F.O=C[O-]. The van der Waals surface area contributed by atoms with E-state index >= 15 is 0 Å². The van der Waals surface area contributed by atoms with Gasteiger partial charge in [-0.25, -0.2) is 9.59 Å². The maximum absolute atomic E-state index is 13.6. The summed E-state index contributed by atoms with van der Waals surface area (Å²) in [5.74, 6) is 3.35. The summed E-state index contributed by atoms with van der Waals surface area (Å²) < 4.78 is 89.4. The summed E-state index contributed by atoms with van der Waals surface area (Å²) in [6.45, 7) is 17.7. The lowest BCUT2D eigenvalue weighted by molar-refractivity contribution is -0.946. The first-order valence-corrected chi connectivity index (χ1v) is 30.8. The molecule has 0 spiro atoms. The number of esters is 2. The number of benzene rings is 2. The van der Waals surface area contributed by atoms with Crippen LogP contribution >= 0.6 is 0 Å². The quantitative estimate of drug-likeness (QED) is 0.0172. The lowest BCUT2D eigenvalue weighted by Crippen LogP contribution is -2.65. The lowest BCUT2D eigenvalue weighted by Gasteiger charge is -2.52. The predicted octanol–water partition coefficient (Wildman–Crippen LogP) is 7.92. The van der Waals surface area contributed by atoms with Gasteiger partial charge in [-0.2, -0.15) is 13.2 Å². The normalized spacial score (nSPS) is 20.2. The Bertz CT molecular complexity index is 2700. The van der Waals surface area contributed by atoms with Gasteiger partial charge in [-0.3, -0.25) is 9.59 Å². The van der Waals surface area contributed by atoms with E-state index in [4.69, 9.17) is 66.5 Å². The number of carboxylic acids is 1. The molecule has 10 rings (SSSR count). The molecule has 25 heteroatoms. The number of hydrogen-bond acceptors (Lipinski definition) is 18. The van der Waals surface area contributed by atoms with Crippen LogP contribution in [-0.2, 0) is 64.1 Å². The second-order valence-corrected chi connectivity index (χ2v) is 23.1. The van der Waals surface area contributed by atoms with Crippen LogP contribution in [0.4, 0.5) is 22.8 Å². The second kappa shape index (κ2) is 36.2. The topological polar surface area (TPSA) is 255 Å². The fourth-order valence-corrected chi connectivity index (χ4v) is 12.2. The Morgan fingerprint density at radius 1 is 0.589 bits per heavy atom. The number of methoxy groups -OCH3 is 4. The van der Waals surface area contributed by atoms with Crippen LogP contribution in [0, 0.1) is 25.7 Å². The zero-order valence-electron chi connectivity index (χ0n) is 53.3. The van der Waals surface area contributed by atoms with Gasteiger partial charge in [0.2, 0.25) is 0 Å². The van der Waals surface area contributed by atoms with Crippen LogP contribution in [-0.4, -0.2) is 181 Å². The number of aryl methyl sites for hydroxylation is 2. The molecule has 8 heterocycles. The highest BCUT2D eigenvalue weighted by Gasteiger charge is 2.49. The van der Waals surface area contributed by atoms with Crippen LogP contribution in [0.1, 0.15) is 112 Å². The predicted molar refractivity (Wildman–Crippen MR) is 318 cm³/mol. The van der Waals surface area contributed by atoms with Crippen molar-refractivity contribution in [1.29, 1.82) is 0 Å². The standard InChI is InChI=1S/2C31H45N2O7.C2HF3O2.CH2O2/c2*1-5-38-30(34)8-6-7-17-33-18-14-25(15-19-33)29(22-33)40-31(35)32(21-26-11-9-23(2)39-26)16-13-24-10-12-27(36-3)28(20-24)37-4;3-2(4,5)1(6)7;2-1-3/h2*9-12,20,25,29H,5-8,13-19,21-22H2,1-4H3;(H,6,7);1H,(H,2,3)/q2*+1;;/p-2/t2*25?,29-,33?;;/m00../s1. The first kappa shape index (κ1) is 73.1. The number of ether oxygens (including phenoxy) is 8. The fraction of sp³-hybridized carbons (Fsp3) is 0.600. The van der Waals surface area contributed by atoms with E-state index in [1.54, 1.807) is 38.2 Å². The molecule has 22 nitrogen and oxygen atoms in total. The number of amides is 2. The van der Waals surface area contributed by atoms with Crippen molar-refractivity contribution in [2.24, 2.45) is 11.8 Å². The monoisotopic (exact) mass is 1270 g/mol. The highest BCUT2D eigenvalue weighted by atomic mass is 19.4. The summed E-state index contributed by atoms with van der Waals surface area (Å²) in [7, 11) is 6.47. The summed E-state index contributed by atoms with van der Waals surface area (Å²) in [5, 5.41) is 17.0. The number of halogens is 3. The molecule has 6 aliphatic heterocycles. The molecule has 6 saturated heterocycles. The number of nitrogens with zero attached hydrogens (tertiary/aromatic N) is 4. The van der Waals surface area contributed by atoms with Gasteiger partial charge >= 0.3 is 30.3 Å². The number of piperidine rings is 6. The van der Waals surface area contributed by atoms with Crippen LogP contribution < -0.4 is 29.2 Å². The molecular weight excluding hydrogens is 1180 g/mol. The Morgan fingerprint density at radius 2 is 0.944 bits per heavy atom. The minimum atomic E-state index is -5.19. The van der Waals surface area contributed by atoms with Crippen molar-refractivity contribution in [1.82, 2.24) is 9.80 Å². The van der Waals surface area contributed by atoms with Gasteiger partial charge in [0, 0.05) is 69.9 Å². The maximum atomic E-state index is 13.6. The largest absolute Gasteiger partial charge is 0.554 e. The van der Waals surface area contributed by atoms with Crippen LogP contribution in [0.25, 0.3) is 0 Å². The Kier molecular flexibility index (Phi) is 29.4. The van der Waals surface area contributed by atoms with Gasteiger partial charge in [0.05, 0.1) is 94.0 Å². The molecule has 2 aromatic carbocycles. The Labute approximate surface area is 525 Å². The number of aliphatic carboxylic acids is 1. The molecule has 2 amide bonds. The van der Waals surface area contributed by atoms with Crippen LogP contribution in [0.5, 0.6) is 23.0 Å². The third kappa shape index (κ3) is 23.0. The average molecular weight is 1270 g/mol. The summed E-state index contributed by atoms with van der Waals surface area (Å²) in [6.07, 6.45) is 4.12. The van der Waals surface area contributed by atoms with Crippen molar-refractivity contribution in [3.63, 3.8) is 0 Å². The van der Waals surface area contributed by atoms with Crippen LogP contribution in [0.15, 0.2) is 69.5 Å². The highest BCUT2D eigenvalue weighted by molar-refractivity contribution is 5.71. The summed E-state index contributed by atoms with van der Waals surface area (Å²) in [5.41, 5.74) is 2.09. The van der Waals surface area contributed by atoms with E-state index in [2.05, 4.69) is 0 Å². The molecule has 500 valence electrons. The molecule has 4 bridgehead atoms. The summed E-state index contributed by atoms with van der Waals surface area (Å²) >= 11 is 0. The molecule has 4 aromatic rings. The van der Waals surface area contributed by atoms with E-state index in [-0.39, 0.29) is 36.3 Å². The van der Waals surface area contributed by atoms with E-state index in [1.165, 1.54) is 0 Å². The molecule has 2 aromatic heterocycles. The number of hydrogen-bond donors (Lipinski definition) is 0. The van der Waals surface area contributed by atoms with Crippen molar-refractivity contribution in [3.05, 3.63) is 94.8 Å². The van der Waals surface area contributed by atoms with Gasteiger partial charge in [0.25, 0.3) is 0 Å². The summed E-state index contributed by atoms with van der Waals surface area (Å²) in [6, 6.07) is 19.3. The molecule has 0 saturated carbocycles. The number of unbranched alkanes of at least 4 members (excludes halogenated alkanes) is 2. The van der Waals surface area contributed by atoms with Crippen molar-refractivity contribution in [2.75, 3.05) is 107 Å². The van der Waals surface area contributed by atoms with Gasteiger partial charge in [0.15, 0.2) is 35.2 Å². The van der Waals surface area contributed by atoms with Crippen molar-refractivity contribution < 1.29 is 108 Å². The van der Waals surface area contributed by atoms with E-state index in [0.717, 1.165) is 147 Å². The Balaban J connectivity index is 0.000000284. The van der Waals surface area contributed by atoms with Gasteiger partial charge in [-0.15, -0.1) is 0 Å². The van der Waals surface area contributed by atoms with E-state index in [0.29, 0.717) is 99.9 Å². The van der Waals surface area contributed by atoms with E-state index < -0.39 is 18.6 Å². The Morgan fingerprint density at radius 3 is 1.24 bits per heavy atom. The number of carboxylic acid groups (broad SMARTS) is 2. The molecular formula is C65H91F3N4O18. The van der Waals surface area contributed by atoms with E-state index in [1.807, 2.05) is 88.4 Å². The maximum Gasteiger partial charge on any atom is 0.430 e. The van der Waals surface area contributed by atoms with Gasteiger partial charge in [-0.05, 0) is 126 Å². The Hall–Kier alpha value is -7.67. The molecule has 0 unspecified atom stereocenters. The third-order valence-electron chi connectivity index (χ3n) is 17.0. The van der Waals surface area contributed by atoms with Gasteiger partial charge in [0.1, 0.15) is 42.1 Å². The number of carbonyl (C=O) groups excluding carboxylic acids is 6. The van der Waals surface area contributed by atoms with Gasteiger partial charge in [-0.1, -0.05) is 12.1 Å². The smallest absolute Gasteiger partial charge is 0.430 e. The molecule has 6 fully saturated rings. The number of carbonyl (C=O) groups is 6. The minimum Gasteiger partial charge on any atom is -0.554 e. The first-order valence-electron chi connectivity index (χ1n) is 30.8. The molecule has 6 aliphatic rings. The van der Waals surface area contributed by atoms with E-state index in [9.17, 15) is 32.3 Å². The zero-order chi connectivity index (χ0) is 65.9. The first-order chi connectivity index (χ1) is 43.0. The zero-order valence-corrected chi connectivity index (χ0v) is 53.3. The number of rotatable bonds is 28. The fourth-order valence-electron chi connectivity index (χ4n) is 12.2. The number of furan rings is 2. The molecule has 0 N–H and O–H groups in total. The third-order valence-corrected chi connectivity index (χ3v) is 17.0. The van der Waals surface area contributed by atoms with Crippen molar-refractivity contribution in [3.8, 4) is 23.0 Å². The second-order valence-electron chi connectivity index (χ2n) is 23.1. The number of fused-ring (bicyclic) bond motifs is 6.